The van der Waals surface area contributed by atoms with Crippen LogP contribution >= 0.6 is 0 Å². The molecule has 0 radical (unpaired) electrons. The highest BCUT2D eigenvalue weighted by Crippen LogP contribution is 2.17. The highest BCUT2D eigenvalue weighted by Gasteiger charge is 2.20. The predicted octanol–water partition coefficient (Wildman–Crippen LogP) is 3.30. The largest absolute Gasteiger partial charge is 0.494 e. The van der Waals surface area contributed by atoms with Gasteiger partial charge in [-0.25, -0.2) is 0 Å². The van der Waals surface area contributed by atoms with E-state index in [4.69, 9.17) is 14.6 Å². The van der Waals surface area contributed by atoms with Crippen molar-refractivity contribution in [1.82, 2.24) is 10.6 Å². The van der Waals surface area contributed by atoms with Gasteiger partial charge in [-0.1, -0.05) is 39.0 Å². The number of carbonyl (C=O) groups is 3. The van der Waals surface area contributed by atoms with Crippen molar-refractivity contribution in [3.05, 3.63) is 24.3 Å². The van der Waals surface area contributed by atoms with Gasteiger partial charge in [-0.15, -0.1) is 0 Å². The fraction of sp³-hybridized carbons (Fsp3) is 0.625. The van der Waals surface area contributed by atoms with Crippen molar-refractivity contribution in [2.24, 2.45) is 0 Å². The van der Waals surface area contributed by atoms with Crippen molar-refractivity contribution in [3.8, 4) is 5.75 Å². The number of hydrogen-bond donors (Lipinski definition) is 4. The average molecular weight is 466 g/mol. The maximum atomic E-state index is 12.6. The molecule has 0 saturated carbocycles. The van der Waals surface area contributed by atoms with Crippen LogP contribution in [0.15, 0.2) is 24.3 Å². The summed E-state index contributed by atoms with van der Waals surface area (Å²) < 4.78 is 10.5. The van der Waals surface area contributed by atoms with E-state index < -0.39 is 12.1 Å². The second-order valence-electron chi connectivity index (χ2n) is 7.82. The molecule has 0 heterocycles. The van der Waals surface area contributed by atoms with Crippen molar-refractivity contribution in [3.63, 3.8) is 0 Å². The van der Waals surface area contributed by atoms with E-state index in [1.54, 1.807) is 31.4 Å². The molecule has 1 aromatic rings. The van der Waals surface area contributed by atoms with E-state index in [-0.39, 0.29) is 18.2 Å². The average Bonchev–Trinajstić information content (AvgIpc) is 2.79. The van der Waals surface area contributed by atoms with Crippen LogP contribution in [0.25, 0.3) is 0 Å². The maximum Gasteiger partial charge on any atom is 0.303 e. The van der Waals surface area contributed by atoms with Gasteiger partial charge in [0.25, 0.3) is 5.91 Å². The van der Waals surface area contributed by atoms with Gasteiger partial charge in [0.2, 0.25) is 5.91 Å². The molecule has 0 fully saturated rings. The SMILES string of the molecule is CCCCCCCCC(=O)NC(Nc1ccc(OCCCC(=O)O)cc1)C(=O)NCCOC. The van der Waals surface area contributed by atoms with Crippen LogP contribution in [0, 0.1) is 0 Å². The fourth-order valence-electron chi connectivity index (χ4n) is 3.07. The van der Waals surface area contributed by atoms with Gasteiger partial charge in [0, 0.05) is 32.2 Å². The Balaban J connectivity index is 2.58. The Morgan fingerprint density at radius 1 is 0.939 bits per heavy atom. The van der Waals surface area contributed by atoms with E-state index in [0.29, 0.717) is 44.0 Å². The summed E-state index contributed by atoms with van der Waals surface area (Å²) in [6.07, 6.45) is 6.42. The van der Waals surface area contributed by atoms with E-state index in [9.17, 15) is 14.4 Å². The first-order valence-electron chi connectivity index (χ1n) is 11.7. The van der Waals surface area contributed by atoms with Crippen LogP contribution in [0.5, 0.6) is 5.75 Å². The zero-order valence-corrected chi connectivity index (χ0v) is 19.9. The third-order valence-corrected chi connectivity index (χ3v) is 4.90. The number of amides is 2. The zero-order chi connectivity index (χ0) is 24.3. The minimum Gasteiger partial charge on any atom is -0.494 e. The molecule has 1 rings (SSSR count). The lowest BCUT2D eigenvalue weighted by Gasteiger charge is -2.21. The number of carbonyl (C=O) groups excluding carboxylic acids is 2. The van der Waals surface area contributed by atoms with Crippen LogP contribution in [0.1, 0.15) is 64.7 Å². The van der Waals surface area contributed by atoms with Gasteiger partial charge in [0.05, 0.1) is 13.2 Å². The number of ether oxygens (including phenoxy) is 2. The Hall–Kier alpha value is -2.81. The molecule has 1 aromatic carbocycles. The molecule has 186 valence electrons. The molecule has 0 aliphatic rings. The van der Waals surface area contributed by atoms with E-state index in [1.165, 1.54) is 19.3 Å². The Labute approximate surface area is 196 Å². The number of benzene rings is 1. The second-order valence-corrected chi connectivity index (χ2v) is 7.82. The molecule has 0 aromatic heterocycles. The summed E-state index contributed by atoms with van der Waals surface area (Å²) in [5, 5.41) is 17.2. The lowest BCUT2D eigenvalue weighted by Crippen LogP contribution is -2.51. The number of anilines is 1. The van der Waals surface area contributed by atoms with Crippen molar-refractivity contribution >= 4 is 23.5 Å². The quantitative estimate of drug-likeness (QED) is 0.182. The molecule has 0 aliphatic heterocycles. The molecule has 0 spiro atoms. The first-order valence-corrected chi connectivity index (χ1v) is 11.7. The van der Waals surface area contributed by atoms with Gasteiger partial charge in [-0.3, -0.25) is 14.4 Å². The number of hydrogen-bond acceptors (Lipinski definition) is 6. The van der Waals surface area contributed by atoms with Crippen molar-refractivity contribution in [2.75, 3.05) is 32.2 Å². The van der Waals surface area contributed by atoms with Gasteiger partial charge in [0.1, 0.15) is 5.75 Å². The normalized spacial score (nSPS) is 11.5. The number of methoxy groups -OCH3 is 1. The Kier molecular flexibility index (Phi) is 15.1. The molecule has 2 amide bonds. The standard InChI is InChI=1S/C24H39N3O6/c1-3-4-5-6-7-8-10-21(28)27-23(24(31)25-16-18-32-2)26-19-12-14-20(15-13-19)33-17-9-11-22(29)30/h12-15,23,26H,3-11,16-18H2,1-2H3,(H,25,31)(H,27,28)(H,29,30). The van der Waals surface area contributed by atoms with Crippen LogP contribution in [0.3, 0.4) is 0 Å². The highest BCUT2D eigenvalue weighted by molar-refractivity contribution is 5.89. The summed E-state index contributed by atoms with van der Waals surface area (Å²) in [7, 11) is 1.55. The molecule has 9 heteroatoms. The summed E-state index contributed by atoms with van der Waals surface area (Å²) in [5.41, 5.74) is 0.639. The zero-order valence-electron chi connectivity index (χ0n) is 19.9. The van der Waals surface area contributed by atoms with Gasteiger partial charge in [-0.05, 0) is 37.1 Å². The van der Waals surface area contributed by atoms with Gasteiger partial charge in [0.15, 0.2) is 6.17 Å². The maximum absolute atomic E-state index is 12.6. The van der Waals surface area contributed by atoms with E-state index in [2.05, 4.69) is 22.9 Å². The van der Waals surface area contributed by atoms with Gasteiger partial charge >= 0.3 is 5.97 Å². The molecule has 4 N–H and O–H groups in total. The molecule has 0 bridgehead atoms. The molecule has 0 aliphatic carbocycles. The minimum absolute atomic E-state index is 0.0535. The topological polar surface area (TPSA) is 126 Å². The van der Waals surface area contributed by atoms with Gasteiger partial charge < -0.3 is 30.5 Å². The van der Waals surface area contributed by atoms with Crippen LogP contribution in [-0.4, -0.2) is 55.9 Å². The molecule has 0 saturated heterocycles. The lowest BCUT2D eigenvalue weighted by molar-refractivity contribution is -0.137. The first kappa shape index (κ1) is 28.2. The number of carboxylic acid groups (broad SMARTS) is 1. The summed E-state index contributed by atoms with van der Waals surface area (Å²) >= 11 is 0. The molecule has 9 nitrogen and oxygen atoms in total. The number of carboxylic acids is 1. The number of rotatable bonds is 19. The van der Waals surface area contributed by atoms with Crippen LogP contribution in [0.2, 0.25) is 0 Å². The third-order valence-electron chi connectivity index (χ3n) is 4.90. The van der Waals surface area contributed by atoms with Crippen LogP contribution < -0.4 is 20.7 Å². The monoisotopic (exact) mass is 465 g/mol. The summed E-state index contributed by atoms with van der Waals surface area (Å²) in [5.74, 6) is -0.786. The lowest BCUT2D eigenvalue weighted by atomic mass is 10.1. The third kappa shape index (κ3) is 14.1. The summed E-state index contributed by atoms with van der Waals surface area (Å²) in [4.78, 5) is 35.5. The number of aliphatic carboxylic acids is 1. The molecular formula is C24H39N3O6. The van der Waals surface area contributed by atoms with Crippen molar-refractivity contribution in [2.45, 2.75) is 70.9 Å². The molecular weight excluding hydrogens is 426 g/mol. The van der Waals surface area contributed by atoms with E-state index >= 15 is 0 Å². The fourth-order valence-corrected chi connectivity index (χ4v) is 3.07. The molecule has 1 unspecified atom stereocenters. The van der Waals surface area contributed by atoms with Crippen molar-refractivity contribution in [1.29, 1.82) is 0 Å². The van der Waals surface area contributed by atoms with E-state index in [1.807, 2.05) is 0 Å². The predicted molar refractivity (Wildman–Crippen MR) is 127 cm³/mol. The van der Waals surface area contributed by atoms with Crippen LogP contribution in [-0.2, 0) is 19.1 Å². The smallest absolute Gasteiger partial charge is 0.303 e. The summed E-state index contributed by atoms with van der Waals surface area (Å²) in [6.45, 7) is 3.18. The van der Waals surface area contributed by atoms with Crippen molar-refractivity contribution < 1.29 is 29.0 Å². The molecule has 1 atom stereocenters. The number of nitrogens with one attached hydrogen (secondary N) is 3. The Morgan fingerprint density at radius 3 is 2.30 bits per heavy atom. The number of unbranched alkanes of at least 4 members (excludes halogenated alkanes) is 5. The Bertz CT molecular complexity index is 696. The van der Waals surface area contributed by atoms with E-state index in [0.717, 1.165) is 19.3 Å². The highest BCUT2D eigenvalue weighted by atomic mass is 16.5. The second kappa shape index (κ2) is 17.7. The van der Waals surface area contributed by atoms with Crippen LogP contribution in [0.4, 0.5) is 5.69 Å². The molecule has 33 heavy (non-hydrogen) atoms. The summed E-state index contributed by atoms with van der Waals surface area (Å²) in [6, 6.07) is 6.92. The first-order chi connectivity index (χ1) is 16.0. The van der Waals surface area contributed by atoms with Gasteiger partial charge in [-0.2, -0.15) is 0 Å². The minimum atomic E-state index is -0.920. The Morgan fingerprint density at radius 2 is 1.64 bits per heavy atom.